The van der Waals surface area contributed by atoms with E-state index < -0.39 is 17.4 Å². The molecule has 0 aliphatic heterocycles. The number of hydrogen-bond donors (Lipinski definition) is 2. The molecule has 6 heteroatoms. The first-order chi connectivity index (χ1) is 8.89. The zero-order valence-corrected chi connectivity index (χ0v) is 10.5. The van der Waals surface area contributed by atoms with Crippen LogP contribution in [0.4, 0.5) is 14.5 Å². The van der Waals surface area contributed by atoms with E-state index >= 15 is 0 Å². The van der Waals surface area contributed by atoms with Crippen molar-refractivity contribution < 1.29 is 23.4 Å². The van der Waals surface area contributed by atoms with E-state index in [-0.39, 0.29) is 18.5 Å². The number of alkyl halides is 2. The summed E-state index contributed by atoms with van der Waals surface area (Å²) < 4.78 is 32.5. The molecular weight excluding hydrogens is 256 g/mol. The van der Waals surface area contributed by atoms with Crippen LogP contribution in [-0.4, -0.2) is 29.6 Å². The Morgan fingerprint density at radius 3 is 2.37 bits per heavy atom. The molecule has 1 aromatic rings. The summed E-state index contributed by atoms with van der Waals surface area (Å²) in [5.41, 5.74) is -1.97. The quantitative estimate of drug-likeness (QED) is 0.882. The highest BCUT2D eigenvalue weighted by molar-refractivity contribution is 5.97. The van der Waals surface area contributed by atoms with Crippen LogP contribution in [0, 0.1) is 0 Å². The molecule has 1 aliphatic rings. The second kappa shape index (κ2) is 4.77. The van der Waals surface area contributed by atoms with Crippen molar-refractivity contribution in [3.8, 4) is 5.75 Å². The normalized spacial score (nSPS) is 17.5. The van der Waals surface area contributed by atoms with E-state index in [9.17, 15) is 18.7 Å². The van der Waals surface area contributed by atoms with Gasteiger partial charge >= 0.3 is 5.92 Å². The first-order valence-electron chi connectivity index (χ1n) is 5.95. The maximum Gasteiger partial charge on any atom is 0.352 e. The molecule has 0 bridgehead atoms. The minimum atomic E-state index is -3.79. The van der Waals surface area contributed by atoms with Crippen molar-refractivity contribution in [1.29, 1.82) is 0 Å². The number of anilines is 1. The first kappa shape index (κ1) is 13.7. The van der Waals surface area contributed by atoms with Gasteiger partial charge in [-0.25, -0.2) is 0 Å². The number of carbonyl (C=O) groups excluding carboxylic acids is 1. The van der Waals surface area contributed by atoms with Crippen LogP contribution in [0.3, 0.4) is 0 Å². The second-order valence-corrected chi connectivity index (χ2v) is 4.64. The molecule has 0 aromatic heterocycles. The minimum Gasteiger partial charge on any atom is -0.497 e. The van der Waals surface area contributed by atoms with Crippen LogP contribution in [0.2, 0.25) is 0 Å². The van der Waals surface area contributed by atoms with Gasteiger partial charge in [-0.2, -0.15) is 8.78 Å². The molecule has 1 aliphatic carbocycles. The predicted octanol–water partition coefficient (Wildman–Crippen LogP) is 2.18. The fourth-order valence-electron chi connectivity index (χ4n) is 1.92. The average molecular weight is 271 g/mol. The number of methoxy groups -OCH3 is 1. The molecule has 2 rings (SSSR count). The van der Waals surface area contributed by atoms with Crippen LogP contribution in [0.5, 0.6) is 5.75 Å². The van der Waals surface area contributed by atoms with Crippen LogP contribution in [0.1, 0.15) is 19.3 Å². The highest BCUT2D eigenvalue weighted by atomic mass is 19.3. The zero-order valence-electron chi connectivity index (χ0n) is 10.5. The Balaban J connectivity index is 2.07. The fourth-order valence-corrected chi connectivity index (χ4v) is 1.92. The Bertz CT molecular complexity index is 469. The molecule has 0 unspecified atom stereocenters. The Morgan fingerprint density at radius 1 is 1.37 bits per heavy atom. The maximum atomic E-state index is 13.8. The molecule has 1 fully saturated rings. The Labute approximate surface area is 109 Å². The summed E-state index contributed by atoms with van der Waals surface area (Å²) in [5, 5.41) is 11.7. The van der Waals surface area contributed by atoms with E-state index in [1.54, 1.807) is 12.1 Å². The van der Waals surface area contributed by atoms with Crippen LogP contribution < -0.4 is 10.1 Å². The van der Waals surface area contributed by atoms with Crippen LogP contribution >= 0.6 is 0 Å². The van der Waals surface area contributed by atoms with E-state index in [1.807, 2.05) is 0 Å². The summed E-state index contributed by atoms with van der Waals surface area (Å²) in [5.74, 6) is -4.72. The largest absolute Gasteiger partial charge is 0.497 e. The van der Waals surface area contributed by atoms with Crippen LogP contribution in [0.25, 0.3) is 0 Å². The standard InChI is InChI=1S/C13H15F2NO3/c1-19-10-5-3-9(4-6-10)16-11(17)13(14,15)12(18)7-2-8-12/h3-6,18H,2,7-8H2,1H3,(H,16,17). The van der Waals surface area contributed by atoms with Crippen LogP contribution in [-0.2, 0) is 4.79 Å². The third kappa shape index (κ3) is 2.40. The van der Waals surface area contributed by atoms with E-state index in [2.05, 4.69) is 5.32 Å². The lowest BCUT2D eigenvalue weighted by Crippen LogP contribution is -2.59. The third-order valence-electron chi connectivity index (χ3n) is 3.40. The molecule has 0 atom stereocenters. The molecule has 0 saturated heterocycles. The van der Waals surface area contributed by atoms with Gasteiger partial charge < -0.3 is 15.2 Å². The van der Waals surface area contributed by atoms with Gasteiger partial charge in [0.1, 0.15) is 11.4 Å². The lowest BCUT2D eigenvalue weighted by Gasteiger charge is -2.41. The minimum absolute atomic E-state index is 0.0595. The number of amides is 1. The molecule has 4 nitrogen and oxygen atoms in total. The highest BCUT2D eigenvalue weighted by Gasteiger charge is 2.61. The number of carbonyl (C=O) groups is 1. The Hall–Kier alpha value is -1.69. The molecule has 19 heavy (non-hydrogen) atoms. The number of aliphatic hydroxyl groups is 1. The lowest BCUT2D eigenvalue weighted by molar-refractivity contribution is -0.212. The lowest BCUT2D eigenvalue weighted by atomic mass is 9.75. The monoisotopic (exact) mass is 271 g/mol. The number of halogens is 2. The Kier molecular flexibility index (Phi) is 3.45. The smallest absolute Gasteiger partial charge is 0.352 e. The molecule has 1 aromatic carbocycles. The summed E-state index contributed by atoms with van der Waals surface area (Å²) >= 11 is 0. The van der Waals surface area contributed by atoms with Crippen molar-refractivity contribution in [3.05, 3.63) is 24.3 Å². The van der Waals surface area contributed by atoms with E-state index in [4.69, 9.17) is 4.74 Å². The van der Waals surface area contributed by atoms with Gasteiger partial charge in [-0.1, -0.05) is 0 Å². The van der Waals surface area contributed by atoms with E-state index in [0.717, 1.165) is 0 Å². The number of nitrogens with one attached hydrogen (secondary N) is 1. The van der Waals surface area contributed by atoms with Gasteiger partial charge in [0.25, 0.3) is 5.91 Å². The second-order valence-electron chi connectivity index (χ2n) is 4.64. The molecule has 0 heterocycles. The molecular formula is C13H15F2NO3. The van der Waals surface area contributed by atoms with Crippen molar-refractivity contribution in [2.75, 3.05) is 12.4 Å². The van der Waals surface area contributed by atoms with Crippen molar-refractivity contribution in [2.45, 2.75) is 30.8 Å². The molecule has 2 N–H and O–H groups in total. The SMILES string of the molecule is COc1ccc(NC(=O)C(F)(F)C2(O)CCC2)cc1. The number of benzene rings is 1. The van der Waals surface area contributed by atoms with E-state index in [0.29, 0.717) is 12.2 Å². The number of ether oxygens (including phenoxy) is 1. The predicted molar refractivity (Wildman–Crippen MR) is 65.4 cm³/mol. The first-order valence-corrected chi connectivity index (χ1v) is 5.95. The van der Waals surface area contributed by atoms with Gasteiger partial charge in [-0.3, -0.25) is 4.79 Å². The topological polar surface area (TPSA) is 58.6 Å². The zero-order chi connectivity index (χ0) is 14.1. The summed E-state index contributed by atoms with van der Waals surface area (Å²) in [4.78, 5) is 11.6. The highest BCUT2D eigenvalue weighted by Crippen LogP contribution is 2.44. The Morgan fingerprint density at radius 2 is 1.95 bits per heavy atom. The average Bonchev–Trinajstić information content (AvgIpc) is 2.36. The maximum absolute atomic E-state index is 13.8. The van der Waals surface area contributed by atoms with Gasteiger partial charge in [0.05, 0.1) is 7.11 Å². The van der Waals surface area contributed by atoms with Crippen molar-refractivity contribution >= 4 is 11.6 Å². The number of rotatable bonds is 4. The molecule has 0 spiro atoms. The van der Waals surface area contributed by atoms with Gasteiger partial charge in [0.2, 0.25) is 0 Å². The van der Waals surface area contributed by atoms with E-state index in [1.165, 1.54) is 19.2 Å². The third-order valence-corrected chi connectivity index (χ3v) is 3.40. The summed E-state index contributed by atoms with van der Waals surface area (Å²) in [6.45, 7) is 0. The number of hydrogen-bond acceptors (Lipinski definition) is 3. The van der Waals surface area contributed by atoms with Gasteiger partial charge in [0, 0.05) is 5.69 Å². The molecule has 1 saturated carbocycles. The molecule has 1 amide bonds. The van der Waals surface area contributed by atoms with Crippen LogP contribution in [0.15, 0.2) is 24.3 Å². The summed E-state index contributed by atoms with van der Waals surface area (Å²) in [6.07, 6.45) is 0.383. The fraction of sp³-hybridized carbons (Fsp3) is 0.462. The summed E-state index contributed by atoms with van der Waals surface area (Å²) in [7, 11) is 1.48. The van der Waals surface area contributed by atoms with Gasteiger partial charge in [-0.15, -0.1) is 0 Å². The van der Waals surface area contributed by atoms with Crippen molar-refractivity contribution in [3.63, 3.8) is 0 Å². The van der Waals surface area contributed by atoms with Gasteiger partial charge in [0.15, 0.2) is 0 Å². The molecule has 0 radical (unpaired) electrons. The summed E-state index contributed by atoms with van der Waals surface area (Å²) in [6, 6.07) is 6.01. The van der Waals surface area contributed by atoms with Crippen molar-refractivity contribution in [2.24, 2.45) is 0 Å². The van der Waals surface area contributed by atoms with Gasteiger partial charge in [-0.05, 0) is 43.5 Å². The molecule has 104 valence electrons. The van der Waals surface area contributed by atoms with Crippen molar-refractivity contribution in [1.82, 2.24) is 0 Å².